The molecule has 5 heteroatoms. The van der Waals surface area contributed by atoms with Crippen molar-refractivity contribution in [3.8, 4) is 0 Å². The largest absolute Gasteiger partial charge is 0.235 e. The molecule has 0 saturated carbocycles. The molecule has 0 fully saturated rings. The van der Waals surface area contributed by atoms with Gasteiger partial charge in [0.1, 0.15) is 0 Å². The van der Waals surface area contributed by atoms with Crippen molar-refractivity contribution in [2.75, 3.05) is 6.26 Å². The van der Waals surface area contributed by atoms with Gasteiger partial charge in [0, 0.05) is 6.26 Å². The van der Waals surface area contributed by atoms with Crippen molar-refractivity contribution in [1.82, 2.24) is 0 Å². The Morgan fingerprint density at radius 3 is 2.53 bits per heavy atom. The molecule has 1 aromatic carbocycles. The summed E-state index contributed by atoms with van der Waals surface area (Å²) in [6.07, 6.45) is 2.60. The molecule has 0 radical (unpaired) electrons. The van der Waals surface area contributed by atoms with E-state index in [-0.39, 0.29) is 6.54 Å². The zero-order valence-corrected chi connectivity index (χ0v) is 9.34. The van der Waals surface area contributed by atoms with Crippen molar-refractivity contribution in [3.63, 3.8) is 0 Å². The van der Waals surface area contributed by atoms with Crippen molar-refractivity contribution < 1.29 is 13.2 Å². The Hall–Kier alpha value is -1.45. The Morgan fingerprint density at radius 2 is 2.07 bits per heavy atom. The second-order valence-electron chi connectivity index (χ2n) is 3.28. The maximum absolute atomic E-state index is 11.3. The smallest absolute Gasteiger partial charge is 0.224 e. The second kappa shape index (κ2) is 4.38. The van der Waals surface area contributed by atoms with Gasteiger partial charge in [-0.3, -0.25) is 0 Å². The van der Waals surface area contributed by atoms with Crippen molar-refractivity contribution in [2.24, 2.45) is 4.99 Å². The monoisotopic (exact) mass is 225 g/mol. The Bertz CT molecular complexity index is 513. The Balaban J connectivity index is 3.14. The van der Waals surface area contributed by atoms with E-state index in [1.165, 1.54) is 18.4 Å². The molecule has 0 amide bonds. The summed E-state index contributed by atoms with van der Waals surface area (Å²) in [6.45, 7) is 1.94. The number of hydrogen-bond donors (Lipinski definition) is 0. The van der Waals surface area contributed by atoms with Crippen LogP contribution in [0, 0.1) is 6.92 Å². The second-order valence-corrected chi connectivity index (χ2v) is 5.26. The lowest BCUT2D eigenvalue weighted by Crippen LogP contribution is -2.00. The Labute approximate surface area is 88.6 Å². The third kappa shape index (κ3) is 3.01. The molecule has 1 rings (SSSR count). The highest BCUT2D eigenvalue weighted by Gasteiger charge is 2.10. The Kier molecular flexibility index (Phi) is 3.39. The minimum atomic E-state index is -3.18. The predicted octanol–water partition coefficient (Wildman–Crippen LogP) is 1.23. The van der Waals surface area contributed by atoms with E-state index < -0.39 is 9.84 Å². The highest BCUT2D eigenvalue weighted by molar-refractivity contribution is 7.90. The van der Waals surface area contributed by atoms with Gasteiger partial charge in [-0.25, -0.2) is 18.2 Å². The van der Waals surface area contributed by atoms with Crippen LogP contribution in [-0.2, 0) is 21.2 Å². The van der Waals surface area contributed by atoms with Gasteiger partial charge in [-0.1, -0.05) is 12.1 Å². The van der Waals surface area contributed by atoms with Gasteiger partial charge < -0.3 is 0 Å². The van der Waals surface area contributed by atoms with Crippen molar-refractivity contribution in [2.45, 2.75) is 18.4 Å². The van der Waals surface area contributed by atoms with E-state index in [0.717, 1.165) is 5.56 Å². The van der Waals surface area contributed by atoms with Crippen molar-refractivity contribution in [1.29, 1.82) is 0 Å². The molecule has 0 aliphatic carbocycles. The van der Waals surface area contributed by atoms with Gasteiger partial charge >= 0.3 is 0 Å². The number of nitrogens with zero attached hydrogens (tertiary/aromatic N) is 1. The first-order valence-electron chi connectivity index (χ1n) is 4.28. The lowest BCUT2D eigenvalue weighted by molar-refractivity contribution is 0.562. The number of hydrogen-bond acceptors (Lipinski definition) is 4. The molecule has 4 nitrogen and oxygen atoms in total. The molecule has 15 heavy (non-hydrogen) atoms. The van der Waals surface area contributed by atoms with Gasteiger partial charge in [-0.15, -0.1) is 0 Å². The lowest BCUT2D eigenvalue weighted by atomic mass is 10.1. The van der Waals surface area contributed by atoms with Crippen LogP contribution in [0.15, 0.2) is 28.1 Å². The van der Waals surface area contributed by atoms with Gasteiger partial charge in [-0.2, -0.15) is 0 Å². The molecule has 0 atom stereocenters. The summed E-state index contributed by atoms with van der Waals surface area (Å²) in [5.74, 6) is 0. The summed E-state index contributed by atoms with van der Waals surface area (Å²) in [5.41, 5.74) is 1.46. The number of sulfone groups is 1. The minimum Gasteiger partial charge on any atom is -0.224 e. The topological polar surface area (TPSA) is 63.6 Å². The van der Waals surface area contributed by atoms with Gasteiger partial charge in [0.25, 0.3) is 0 Å². The highest BCUT2D eigenvalue weighted by Crippen LogP contribution is 2.16. The van der Waals surface area contributed by atoms with E-state index in [4.69, 9.17) is 0 Å². The number of aliphatic imine (C=N–C) groups is 1. The molecule has 80 valence electrons. The fraction of sp³-hybridized carbons (Fsp3) is 0.300. The summed E-state index contributed by atoms with van der Waals surface area (Å²) in [7, 11) is -3.18. The van der Waals surface area contributed by atoms with Gasteiger partial charge in [0.05, 0.1) is 11.4 Å². The summed E-state index contributed by atoms with van der Waals surface area (Å²) in [6, 6.07) is 4.88. The standard InChI is InChI=1S/C10H11NO3S/c1-8-5-9(6-11-7-12)3-4-10(8)15(2,13)14/h3-5H,6H2,1-2H3. The highest BCUT2D eigenvalue weighted by atomic mass is 32.2. The van der Waals surface area contributed by atoms with E-state index in [2.05, 4.69) is 4.99 Å². The summed E-state index contributed by atoms with van der Waals surface area (Å²) in [4.78, 5) is 13.6. The summed E-state index contributed by atoms with van der Waals surface area (Å²) >= 11 is 0. The number of carbonyl (C=O) groups excluding carboxylic acids is 1. The molecule has 0 spiro atoms. The van der Waals surface area contributed by atoms with Crippen LogP contribution >= 0.6 is 0 Å². The average Bonchev–Trinajstić information content (AvgIpc) is 2.12. The molecule has 0 unspecified atom stereocenters. The van der Waals surface area contributed by atoms with Crippen LogP contribution in [0.5, 0.6) is 0 Å². The molecule has 0 N–H and O–H groups in total. The van der Waals surface area contributed by atoms with E-state index in [9.17, 15) is 13.2 Å². The van der Waals surface area contributed by atoms with E-state index in [1.54, 1.807) is 19.1 Å². The summed E-state index contributed by atoms with van der Waals surface area (Å²) < 4.78 is 22.6. The average molecular weight is 225 g/mol. The van der Waals surface area contributed by atoms with E-state index in [1.807, 2.05) is 0 Å². The van der Waals surface area contributed by atoms with Gasteiger partial charge in [0.2, 0.25) is 6.08 Å². The van der Waals surface area contributed by atoms with Gasteiger partial charge in [0.15, 0.2) is 9.84 Å². The van der Waals surface area contributed by atoms with Crippen LogP contribution in [0.3, 0.4) is 0 Å². The molecular formula is C10H11NO3S. The normalized spacial score (nSPS) is 10.8. The molecular weight excluding hydrogens is 214 g/mol. The molecule has 0 bridgehead atoms. The van der Waals surface area contributed by atoms with Crippen LogP contribution in [0.25, 0.3) is 0 Å². The number of rotatable bonds is 3. The molecule has 0 aromatic heterocycles. The first kappa shape index (κ1) is 11.6. The maximum atomic E-state index is 11.3. The van der Waals surface area contributed by atoms with Crippen LogP contribution in [0.2, 0.25) is 0 Å². The van der Waals surface area contributed by atoms with Crippen molar-refractivity contribution in [3.05, 3.63) is 29.3 Å². The SMILES string of the molecule is Cc1cc(CN=C=O)ccc1S(C)(=O)=O. The summed E-state index contributed by atoms with van der Waals surface area (Å²) in [5, 5.41) is 0. The quantitative estimate of drug-likeness (QED) is 0.574. The van der Waals surface area contributed by atoms with Crippen molar-refractivity contribution >= 4 is 15.9 Å². The number of benzene rings is 1. The molecule has 0 aliphatic heterocycles. The van der Waals surface area contributed by atoms with Crippen LogP contribution in [0.4, 0.5) is 0 Å². The third-order valence-electron chi connectivity index (χ3n) is 1.96. The number of isocyanates is 1. The van der Waals surface area contributed by atoms with E-state index in [0.29, 0.717) is 10.5 Å². The fourth-order valence-electron chi connectivity index (χ4n) is 1.35. The zero-order chi connectivity index (χ0) is 11.5. The molecule has 0 aliphatic rings. The predicted molar refractivity (Wildman–Crippen MR) is 56.1 cm³/mol. The fourth-order valence-corrected chi connectivity index (χ4v) is 2.31. The third-order valence-corrected chi connectivity index (χ3v) is 3.22. The van der Waals surface area contributed by atoms with Crippen LogP contribution in [0.1, 0.15) is 11.1 Å². The van der Waals surface area contributed by atoms with Crippen LogP contribution < -0.4 is 0 Å². The first-order valence-corrected chi connectivity index (χ1v) is 6.17. The molecule has 0 heterocycles. The number of aryl methyl sites for hydroxylation is 1. The maximum Gasteiger partial charge on any atom is 0.235 e. The lowest BCUT2D eigenvalue weighted by Gasteiger charge is -2.04. The first-order chi connectivity index (χ1) is 6.95. The van der Waals surface area contributed by atoms with Crippen LogP contribution in [-0.4, -0.2) is 20.8 Å². The van der Waals surface area contributed by atoms with Gasteiger partial charge in [-0.05, 0) is 24.1 Å². The molecule has 1 aromatic rings. The van der Waals surface area contributed by atoms with E-state index >= 15 is 0 Å². The zero-order valence-electron chi connectivity index (χ0n) is 8.52. The Morgan fingerprint density at radius 1 is 1.40 bits per heavy atom. The minimum absolute atomic E-state index is 0.231. The molecule has 0 saturated heterocycles.